The Kier molecular flexibility index (Phi) is 6.66. The molecule has 0 radical (unpaired) electrons. The van der Waals surface area contributed by atoms with Crippen LogP contribution < -0.4 is 16.3 Å². The number of anilines is 1. The van der Waals surface area contributed by atoms with Crippen LogP contribution >= 0.6 is 0 Å². The van der Waals surface area contributed by atoms with Crippen molar-refractivity contribution in [2.24, 2.45) is 0 Å². The van der Waals surface area contributed by atoms with E-state index < -0.39 is 0 Å². The summed E-state index contributed by atoms with van der Waals surface area (Å²) in [5, 5.41) is 5.43. The minimum Gasteiger partial charge on any atom is -0.398 e. The summed E-state index contributed by atoms with van der Waals surface area (Å²) in [6, 6.07) is 50.9. The third kappa shape index (κ3) is 4.36. The molecule has 2 N–H and O–H groups in total. The van der Waals surface area contributed by atoms with Crippen LogP contribution in [0.5, 0.6) is 0 Å². The van der Waals surface area contributed by atoms with E-state index in [1.165, 1.54) is 11.1 Å². The van der Waals surface area contributed by atoms with E-state index in [9.17, 15) is 0 Å². The number of para-hydroxylation sites is 3. The highest BCUT2D eigenvalue weighted by molar-refractivity contribution is 6.16. The molecule has 0 atom stereocenters. The van der Waals surface area contributed by atoms with Gasteiger partial charge in [-0.3, -0.25) is 0 Å². The normalized spacial score (nSPS) is 12.5. The van der Waals surface area contributed by atoms with Crippen molar-refractivity contribution in [1.82, 2.24) is 9.13 Å². The van der Waals surface area contributed by atoms with Gasteiger partial charge in [-0.05, 0) is 72.2 Å². The lowest BCUT2D eigenvalue weighted by atomic mass is 10.00. The Labute approximate surface area is 268 Å². The van der Waals surface area contributed by atoms with Gasteiger partial charge in [0.25, 0.3) is 0 Å². The third-order valence-electron chi connectivity index (χ3n) is 9.04. The first kappa shape index (κ1) is 27.5. The Morgan fingerprint density at radius 1 is 0.587 bits per heavy atom. The summed E-state index contributed by atoms with van der Waals surface area (Å²) in [5.41, 5.74) is 17.9. The summed E-state index contributed by atoms with van der Waals surface area (Å²) < 4.78 is 4.61. The second kappa shape index (κ2) is 11.1. The molecule has 0 aliphatic heterocycles. The van der Waals surface area contributed by atoms with Gasteiger partial charge in [0.05, 0.1) is 21.9 Å². The highest BCUT2D eigenvalue weighted by Gasteiger charge is 2.17. The molecule has 220 valence electrons. The highest BCUT2D eigenvalue weighted by Crippen LogP contribution is 2.38. The molecule has 0 unspecified atom stereocenters. The van der Waals surface area contributed by atoms with Gasteiger partial charge in [0.2, 0.25) is 0 Å². The van der Waals surface area contributed by atoms with Crippen molar-refractivity contribution in [2.45, 2.75) is 6.92 Å². The highest BCUT2D eigenvalue weighted by atomic mass is 15.0. The van der Waals surface area contributed by atoms with E-state index in [0.717, 1.165) is 71.5 Å². The number of hydrogen-bond acceptors (Lipinski definition) is 1. The van der Waals surface area contributed by atoms with Crippen molar-refractivity contribution >= 4 is 56.6 Å². The minimum atomic E-state index is 0.787. The number of allylic oxidation sites excluding steroid dienone is 2. The zero-order chi connectivity index (χ0) is 31.2. The minimum absolute atomic E-state index is 0.787. The topological polar surface area (TPSA) is 35.9 Å². The maximum Gasteiger partial charge on any atom is 0.0562 e. The van der Waals surface area contributed by atoms with Gasteiger partial charge in [0.15, 0.2) is 0 Å². The van der Waals surface area contributed by atoms with Crippen molar-refractivity contribution in [1.29, 1.82) is 0 Å². The third-order valence-corrected chi connectivity index (χ3v) is 9.04. The Bertz CT molecular complexity index is 2540. The molecule has 8 aromatic rings. The number of fused-ring (bicyclic) bond motifs is 4. The van der Waals surface area contributed by atoms with Crippen molar-refractivity contribution in [3.63, 3.8) is 0 Å². The van der Waals surface area contributed by atoms with Gasteiger partial charge >= 0.3 is 0 Å². The van der Waals surface area contributed by atoms with E-state index in [-0.39, 0.29) is 0 Å². The molecule has 0 fully saturated rings. The van der Waals surface area contributed by atoms with Gasteiger partial charge in [-0.25, -0.2) is 0 Å². The Morgan fingerprint density at radius 3 is 1.89 bits per heavy atom. The number of nitrogen functional groups attached to an aromatic ring is 1. The lowest BCUT2D eigenvalue weighted by Gasteiger charge is -2.10. The molecule has 0 saturated carbocycles. The molecule has 8 rings (SSSR count). The maximum atomic E-state index is 7.06. The van der Waals surface area contributed by atoms with E-state index in [2.05, 4.69) is 174 Å². The van der Waals surface area contributed by atoms with Crippen LogP contribution in [0.4, 0.5) is 5.69 Å². The average Bonchev–Trinajstić information content (AvgIpc) is 3.60. The van der Waals surface area contributed by atoms with Crippen molar-refractivity contribution < 1.29 is 0 Å². The molecular formula is C43H33N3. The lowest BCUT2D eigenvalue weighted by Crippen LogP contribution is -2.27. The predicted octanol–water partition coefficient (Wildman–Crippen LogP) is 9.27. The molecule has 6 aromatic carbocycles. The van der Waals surface area contributed by atoms with Gasteiger partial charge < -0.3 is 14.9 Å². The molecule has 0 amide bonds. The van der Waals surface area contributed by atoms with E-state index in [1.807, 2.05) is 6.07 Å². The van der Waals surface area contributed by atoms with Crippen LogP contribution in [0, 0.1) is 0 Å². The quantitative estimate of drug-likeness (QED) is 0.199. The molecule has 2 heterocycles. The zero-order valence-corrected chi connectivity index (χ0v) is 25.7. The predicted molar refractivity (Wildman–Crippen MR) is 197 cm³/mol. The fourth-order valence-electron chi connectivity index (χ4n) is 6.91. The summed E-state index contributed by atoms with van der Waals surface area (Å²) in [4.78, 5) is 0. The van der Waals surface area contributed by atoms with Crippen LogP contribution in [0.1, 0.15) is 12.5 Å². The Morgan fingerprint density at radius 2 is 1.17 bits per heavy atom. The summed E-state index contributed by atoms with van der Waals surface area (Å²) in [7, 11) is 0. The summed E-state index contributed by atoms with van der Waals surface area (Å²) >= 11 is 0. The summed E-state index contributed by atoms with van der Waals surface area (Å²) in [6.45, 7) is 6.78. The monoisotopic (exact) mass is 591 g/mol. The number of rotatable bonds is 5. The molecule has 0 spiro atoms. The largest absolute Gasteiger partial charge is 0.398 e. The van der Waals surface area contributed by atoms with Gasteiger partial charge in [-0.1, -0.05) is 116 Å². The average molecular weight is 592 g/mol. The van der Waals surface area contributed by atoms with E-state index >= 15 is 0 Å². The van der Waals surface area contributed by atoms with Crippen molar-refractivity contribution in [3.8, 4) is 22.5 Å². The van der Waals surface area contributed by atoms with Crippen LogP contribution in [0.15, 0.2) is 152 Å². The Balaban J connectivity index is 1.35. The number of nitrogens with two attached hydrogens (primary N) is 1. The first-order valence-electron chi connectivity index (χ1n) is 15.6. The molecule has 2 aromatic heterocycles. The lowest BCUT2D eigenvalue weighted by molar-refractivity contribution is 1.07. The fraction of sp³-hybridized carbons (Fsp3) is 0.0233. The smallest absolute Gasteiger partial charge is 0.0562 e. The fourth-order valence-corrected chi connectivity index (χ4v) is 6.91. The molecular weight excluding hydrogens is 558 g/mol. The first-order chi connectivity index (χ1) is 22.6. The number of hydrogen-bond donors (Lipinski definition) is 1. The van der Waals surface area contributed by atoms with Crippen LogP contribution in [0.25, 0.3) is 73.4 Å². The van der Waals surface area contributed by atoms with Crippen LogP contribution in [0.3, 0.4) is 0 Å². The molecule has 3 heteroatoms. The van der Waals surface area contributed by atoms with Gasteiger partial charge in [0.1, 0.15) is 0 Å². The number of aromatic nitrogens is 2. The van der Waals surface area contributed by atoms with E-state index in [4.69, 9.17) is 5.73 Å². The summed E-state index contributed by atoms with van der Waals surface area (Å²) in [5.74, 6) is 0. The van der Waals surface area contributed by atoms with E-state index in [0.29, 0.717) is 0 Å². The van der Waals surface area contributed by atoms with Gasteiger partial charge in [-0.15, -0.1) is 0 Å². The van der Waals surface area contributed by atoms with Crippen molar-refractivity contribution in [3.05, 3.63) is 168 Å². The van der Waals surface area contributed by atoms with E-state index in [1.54, 1.807) is 0 Å². The second-order valence-electron chi connectivity index (χ2n) is 11.7. The first-order valence-corrected chi connectivity index (χ1v) is 15.6. The molecule has 0 bridgehead atoms. The van der Waals surface area contributed by atoms with Crippen LogP contribution in [0.2, 0.25) is 0 Å². The van der Waals surface area contributed by atoms with Crippen LogP contribution in [-0.4, -0.2) is 9.13 Å². The second-order valence-corrected chi connectivity index (χ2v) is 11.7. The molecule has 0 aliphatic rings. The van der Waals surface area contributed by atoms with Gasteiger partial charge in [0, 0.05) is 44.0 Å². The molecule has 3 nitrogen and oxygen atoms in total. The van der Waals surface area contributed by atoms with Gasteiger partial charge in [-0.2, -0.15) is 0 Å². The molecule has 0 aliphatic carbocycles. The number of benzene rings is 6. The van der Waals surface area contributed by atoms with Crippen LogP contribution in [-0.2, 0) is 0 Å². The number of nitrogens with zero attached hydrogens (tertiary/aromatic N) is 2. The Hall–Kier alpha value is -6.06. The molecule has 46 heavy (non-hydrogen) atoms. The van der Waals surface area contributed by atoms with Crippen molar-refractivity contribution in [2.75, 3.05) is 5.73 Å². The SMILES string of the molecule is C=c1/c(=C\C=C(/C)c2ccc3c(c2N)c2ccccc2n3-c2ccccc2)n(-c2ccccc2)c2cccc(-c3ccccc3)c12. The zero-order valence-electron chi connectivity index (χ0n) is 25.7. The standard InChI is InChI=1S/C43H33N3/c1-29(34-26-28-40-42(43(34)44)36-21-12-13-23-38(36)46(40)33-19-10-5-11-20-33)25-27-37-30(2)41-35(31-15-6-3-7-16-31)22-14-24-39(41)45(37)32-17-8-4-9-18-32/h3-28H,2,44H2,1H3/b29-25+,37-27+. The maximum absolute atomic E-state index is 7.06. The summed E-state index contributed by atoms with van der Waals surface area (Å²) in [6.07, 6.45) is 4.37. The molecule has 0 saturated heterocycles.